The van der Waals surface area contributed by atoms with Gasteiger partial charge in [-0.05, 0) is 31.6 Å². The van der Waals surface area contributed by atoms with Crippen molar-refractivity contribution in [1.29, 1.82) is 0 Å². The van der Waals surface area contributed by atoms with Gasteiger partial charge in [-0.2, -0.15) is 0 Å². The van der Waals surface area contributed by atoms with Crippen molar-refractivity contribution in [3.05, 3.63) is 0 Å². The Morgan fingerprint density at radius 1 is 1.24 bits per heavy atom. The van der Waals surface area contributed by atoms with Crippen LogP contribution in [0.2, 0.25) is 0 Å². The van der Waals surface area contributed by atoms with Crippen LogP contribution in [-0.2, 0) is 9.84 Å². The minimum Gasteiger partial charge on any atom is -0.396 e. The largest absolute Gasteiger partial charge is 0.396 e. The zero-order valence-corrected chi connectivity index (χ0v) is 16.8. The molecular formula is C17H36N4O3S. The molecule has 1 unspecified atom stereocenters. The van der Waals surface area contributed by atoms with E-state index in [0.717, 1.165) is 38.4 Å². The second kappa shape index (κ2) is 11.7. The second-order valence-corrected chi connectivity index (χ2v) is 9.45. The van der Waals surface area contributed by atoms with E-state index in [9.17, 15) is 13.5 Å². The predicted octanol–water partition coefficient (Wildman–Crippen LogP) is 0.317. The van der Waals surface area contributed by atoms with Crippen molar-refractivity contribution in [1.82, 2.24) is 15.5 Å². The second-order valence-electron chi connectivity index (χ2n) is 7.15. The molecule has 1 atom stereocenters. The molecule has 1 saturated heterocycles. The van der Waals surface area contributed by atoms with E-state index in [1.807, 2.05) is 6.92 Å². The van der Waals surface area contributed by atoms with Gasteiger partial charge in [0.05, 0.1) is 11.5 Å². The first-order valence-electron chi connectivity index (χ1n) is 9.42. The van der Waals surface area contributed by atoms with Crippen molar-refractivity contribution in [2.45, 2.75) is 33.6 Å². The molecule has 0 aliphatic carbocycles. The average Bonchev–Trinajstić information content (AvgIpc) is 2.53. The summed E-state index contributed by atoms with van der Waals surface area (Å²) in [6, 6.07) is 0. The highest BCUT2D eigenvalue weighted by atomic mass is 32.2. The maximum absolute atomic E-state index is 11.5. The summed E-state index contributed by atoms with van der Waals surface area (Å²) in [6.07, 6.45) is 1.84. The Bertz CT molecular complexity index is 480. The molecule has 0 saturated carbocycles. The summed E-state index contributed by atoms with van der Waals surface area (Å²) in [5.41, 5.74) is 0. The number of guanidine groups is 1. The quantitative estimate of drug-likeness (QED) is 0.375. The van der Waals surface area contributed by atoms with E-state index < -0.39 is 9.84 Å². The first kappa shape index (κ1) is 22.2. The Hall–Kier alpha value is -0.860. The first-order chi connectivity index (χ1) is 11.9. The molecule has 8 heteroatoms. The summed E-state index contributed by atoms with van der Waals surface area (Å²) in [5.74, 6) is 2.31. The van der Waals surface area contributed by atoms with E-state index >= 15 is 0 Å². The highest BCUT2D eigenvalue weighted by Gasteiger charge is 2.21. The molecule has 1 aliphatic heterocycles. The summed E-state index contributed by atoms with van der Waals surface area (Å²) in [4.78, 5) is 6.83. The van der Waals surface area contributed by atoms with Crippen LogP contribution in [-0.4, -0.2) is 81.8 Å². The smallest absolute Gasteiger partial charge is 0.191 e. The van der Waals surface area contributed by atoms with Gasteiger partial charge in [-0.25, -0.2) is 8.42 Å². The monoisotopic (exact) mass is 376 g/mol. The molecule has 0 aromatic rings. The van der Waals surface area contributed by atoms with Gasteiger partial charge in [-0.1, -0.05) is 13.8 Å². The van der Waals surface area contributed by atoms with Crippen LogP contribution in [0.1, 0.15) is 33.6 Å². The molecule has 0 bridgehead atoms. The number of rotatable bonds is 10. The van der Waals surface area contributed by atoms with Crippen molar-refractivity contribution in [2.24, 2.45) is 16.8 Å². The number of nitrogens with one attached hydrogen (secondary N) is 2. The number of hydrogen-bond acceptors (Lipinski definition) is 5. The van der Waals surface area contributed by atoms with E-state index in [4.69, 9.17) is 0 Å². The van der Waals surface area contributed by atoms with Crippen molar-refractivity contribution >= 4 is 15.8 Å². The van der Waals surface area contributed by atoms with Gasteiger partial charge in [-0.3, -0.25) is 9.89 Å². The zero-order chi connectivity index (χ0) is 18.7. The van der Waals surface area contributed by atoms with E-state index in [-0.39, 0.29) is 18.1 Å². The Kier molecular flexibility index (Phi) is 10.4. The van der Waals surface area contributed by atoms with Crippen LogP contribution < -0.4 is 10.6 Å². The van der Waals surface area contributed by atoms with Crippen molar-refractivity contribution in [2.75, 3.05) is 57.4 Å². The molecule has 7 nitrogen and oxygen atoms in total. The van der Waals surface area contributed by atoms with E-state index in [0.29, 0.717) is 31.5 Å². The molecule has 0 aromatic carbocycles. The number of hydrogen-bond donors (Lipinski definition) is 3. The van der Waals surface area contributed by atoms with Gasteiger partial charge in [-0.15, -0.1) is 0 Å². The lowest BCUT2D eigenvalue weighted by molar-refractivity contribution is 0.245. The third-order valence-corrected chi connectivity index (χ3v) is 5.96. The third-order valence-electron chi connectivity index (χ3n) is 4.35. The topological polar surface area (TPSA) is 94.0 Å². The van der Waals surface area contributed by atoms with Crippen LogP contribution in [0.5, 0.6) is 0 Å². The number of aliphatic hydroxyl groups is 1. The molecule has 148 valence electrons. The lowest BCUT2D eigenvalue weighted by Crippen LogP contribution is -2.46. The lowest BCUT2D eigenvalue weighted by atomic mass is 9.94. The molecule has 1 heterocycles. The minimum absolute atomic E-state index is 0.203. The fourth-order valence-corrected chi connectivity index (χ4v) is 4.28. The molecule has 0 radical (unpaired) electrons. The number of sulfone groups is 1. The van der Waals surface area contributed by atoms with Crippen LogP contribution in [0.15, 0.2) is 4.99 Å². The third kappa shape index (κ3) is 10.0. The Balaban J connectivity index is 2.41. The van der Waals surface area contributed by atoms with Gasteiger partial charge >= 0.3 is 0 Å². The summed E-state index contributed by atoms with van der Waals surface area (Å²) in [7, 11) is -2.82. The highest BCUT2D eigenvalue weighted by molar-refractivity contribution is 7.91. The molecule has 1 aliphatic rings. The van der Waals surface area contributed by atoms with Crippen LogP contribution in [0, 0.1) is 11.8 Å². The summed E-state index contributed by atoms with van der Waals surface area (Å²) >= 11 is 0. The maximum atomic E-state index is 11.5. The van der Waals surface area contributed by atoms with Gasteiger partial charge in [0.25, 0.3) is 0 Å². The maximum Gasteiger partial charge on any atom is 0.191 e. The van der Waals surface area contributed by atoms with Gasteiger partial charge in [0, 0.05) is 45.9 Å². The van der Waals surface area contributed by atoms with E-state index in [1.165, 1.54) is 0 Å². The summed E-state index contributed by atoms with van der Waals surface area (Å²) in [5, 5.41) is 15.8. The summed E-state index contributed by atoms with van der Waals surface area (Å²) < 4.78 is 22.9. The Morgan fingerprint density at radius 3 is 2.48 bits per heavy atom. The number of aliphatic imine (C=N–C) groups is 1. The van der Waals surface area contributed by atoms with Crippen LogP contribution in [0.4, 0.5) is 0 Å². The van der Waals surface area contributed by atoms with Crippen LogP contribution >= 0.6 is 0 Å². The molecule has 1 fully saturated rings. The number of aliphatic hydroxyl groups excluding tert-OH is 1. The molecule has 1 rings (SSSR count). The van der Waals surface area contributed by atoms with Crippen molar-refractivity contribution in [3.8, 4) is 0 Å². The molecule has 0 amide bonds. The van der Waals surface area contributed by atoms with Gasteiger partial charge in [0.1, 0.15) is 0 Å². The molecule has 0 spiro atoms. The highest BCUT2D eigenvalue weighted by Crippen LogP contribution is 2.15. The summed E-state index contributed by atoms with van der Waals surface area (Å²) in [6.45, 7) is 10.9. The van der Waals surface area contributed by atoms with Crippen molar-refractivity contribution in [3.63, 3.8) is 0 Å². The van der Waals surface area contributed by atoms with Gasteiger partial charge in [0.15, 0.2) is 15.8 Å². The standard InChI is InChI=1S/C17H36N4O3S/c1-4-18-17(20-14-16(5-10-22)13-15(2)3)19-6-7-21-8-11-25(23,24)12-9-21/h15-16,22H,4-14H2,1-3H3,(H2,18,19,20). The molecular weight excluding hydrogens is 340 g/mol. The zero-order valence-electron chi connectivity index (χ0n) is 16.0. The van der Waals surface area contributed by atoms with Gasteiger partial charge in [0.2, 0.25) is 0 Å². The predicted molar refractivity (Wildman–Crippen MR) is 104 cm³/mol. The molecule has 25 heavy (non-hydrogen) atoms. The first-order valence-corrected chi connectivity index (χ1v) is 11.2. The fourth-order valence-electron chi connectivity index (χ4n) is 3.00. The number of nitrogens with zero attached hydrogens (tertiary/aromatic N) is 2. The van der Waals surface area contributed by atoms with E-state index in [2.05, 4.69) is 34.4 Å². The van der Waals surface area contributed by atoms with Crippen LogP contribution in [0.3, 0.4) is 0 Å². The Labute approximate surface area is 153 Å². The fraction of sp³-hybridized carbons (Fsp3) is 0.941. The normalized spacial score (nSPS) is 19.8. The Morgan fingerprint density at radius 2 is 1.92 bits per heavy atom. The lowest BCUT2D eigenvalue weighted by Gasteiger charge is -2.26. The van der Waals surface area contributed by atoms with Gasteiger partial charge < -0.3 is 15.7 Å². The molecule has 3 N–H and O–H groups in total. The average molecular weight is 377 g/mol. The SMILES string of the molecule is CCNC(=NCC(CCO)CC(C)C)NCCN1CCS(=O)(=O)CC1. The molecule has 0 aromatic heterocycles. The minimum atomic E-state index is -2.82. The van der Waals surface area contributed by atoms with Crippen molar-refractivity contribution < 1.29 is 13.5 Å². The van der Waals surface area contributed by atoms with E-state index in [1.54, 1.807) is 0 Å². The van der Waals surface area contributed by atoms with Crippen LogP contribution in [0.25, 0.3) is 0 Å².